The molecule has 0 amide bonds. The number of hydrogen-bond donors (Lipinski definition) is 0. The molecule has 0 spiro atoms. The first-order valence-electron chi connectivity index (χ1n) is 6.14. The molecule has 18 heavy (non-hydrogen) atoms. The molecular weight excluding hydrogens is 248 g/mol. The van der Waals surface area contributed by atoms with Gasteiger partial charge in [-0.2, -0.15) is 11.8 Å². The lowest BCUT2D eigenvalue weighted by Crippen LogP contribution is -2.44. The fraction of sp³-hybridized carbons (Fsp3) is 0.538. The Balaban J connectivity index is 2.28. The van der Waals surface area contributed by atoms with E-state index in [2.05, 4.69) is 18.7 Å². The van der Waals surface area contributed by atoms with Gasteiger partial charge in [0.2, 0.25) is 0 Å². The summed E-state index contributed by atoms with van der Waals surface area (Å²) in [5.41, 5.74) is 2.03. The van der Waals surface area contributed by atoms with Crippen molar-refractivity contribution in [1.82, 2.24) is 0 Å². The minimum atomic E-state index is -0.322. The lowest BCUT2D eigenvalue weighted by atomic mass is 10.1. The number of aryl methyl sites for hydroxylation is 1. The van der Waals surface area contributed by atoms with Crippen LogP contribution in [-0.2, 0) is 0 Å². The summed E-state index contributed by atoms with van der Waals surface area (Å²) in [7, 11) is 0. The summed E-state index contributed by atoms with van der Waals surface area (Å²) < 4.78 is 0. The van der Waals surface area contributed by atoms with Crippen LogP contribution in [0.1, 0.15) is 19.4 Å². The zero-order valence-electron chi connectivity index (χ0n) is 10.9. The quantitative estimate of drug-likeness (QED) is 0.609. The van der Waals surface area contributed by atoms with Crippen molar-refractivity contribution in [3.63, 3.8) is 0 Å². The van der Waals surface area contributed by atoms with E-state index in [0.717, 1.165) is 23.5 Å². The summed E-state index contributed by atoms with van der Waals surface area (Å²) in [6, 6.07) is 5.87. The van der Waals surface area contributed by atoms with Crippen molar-refractivity contribution in [2.45, 2.75) is 32.1 Å². The van der Waals surface area contributed by atoms with Crippen molar-refractivity contribution in [3.05, 3.63) is 33.9 Å². The van der Waals surface area contributed by atoms with Gasteiger partial charge in [0.1, 0.15) is 0 Å². The van der Waals surface area contributed by atoms with Gasteiger partial charge in [0, 0.05) is 40.9 Å². The minimum Gasteiger partial charge on any atom is -0.367 e. The predicted octanol–water partition coefficient (Wildman–Crippen LogP) is 3.23. The summed E-state index contributed by atoms with van der Waals surface area (Å²) >= 11 is 1.99. The normalized spacial score (nSPS) is 24.1. The smallest absolute Gasteiger partial charge is 0.272 e. The van der Waals surface area contributed by atoms with Crippen LogP contribution in [0.4, 0.5) is 11.4 Å². The van der Waals surface area contributed by atoms with Gasteiger partial charge in [-0.1, -0.05) is 6.92 Å². The van der Waals surface area contributed by atoms with Gasteiger partial charge in [-0.05, 0) is 26.0 Å². The van der Waals surface area contributed by atoms with Crippen molar-refractivity contribution in [2.75, 3.05) is 17.2 Å². The van der Waals surface area contributed by atoms with E-state index in [-0.39, 0.29) is 10.6 Å². The van der Waals surface area contributed by atoms with Crippen molar-refractivity contribution in [3.8, 4) is 0 Å². The van der Waals surface area contributed by atoms with Crippen LogP contribution in [0.3, 0.4) is 0 Å². The highest BCUT2D eigenvalue weighted by Gasteiger charge is 2.26. The molecule has 0 bridgehead atoms. The van der Waals surface area contributed by atoms with E-state index in [4.69, 9.17) is 0 Å². The Morgan fingerprint density at radius 3 is 2.78 bits per heavy atom. The van der Waals surface area contributed by atoms with Crippen LogP contribution < -0.4 is 4.90 Å². The van der Waals surface area contributed by atoms with Crippen LogP contribution in [0.5, 0.6) is 0 Å². The average Bonchev–Trinajstić information content (AvgIpc) is 2.32. The molecule has 0 N–H and O–H groups in total. The van der Waals surface area contributed by atoms with Crippen LogP contribution in [0, 0.1) is 17.0 Å². The highest BCUT2D eigenvalue weighted by Crippen LogP contribution is 2.31. The molecule has 0 saturated carbocycles. The van der Waals surface area contributed by atoms with Gasteiger partial charge in [-0.3, -0.25) is 10.1 Å². The Labute approximate surface area is 112 Å². The molecule has 1 aromatic rings. The van der Waals surface area contributed by atoms with E-state index < -0.39 is 0 Å². The van der Waals surface area contributed by atoms with Gasteiger partial charge >= 0.3 is 0 Å². The summed E-state index contributed by atoms with van der Waals surface area (Å²) in [6.07, 6.45) is 0. The topological polar surface area (TPSA) is 46.4 Å². The molecule has 1 aliphatic rings. The number of nitro groups is 1. The molecule has 1 heterocycles. The largest absolute Gasteiger partial charge is 0.367 e. The van der Waals surface area contributed by atoms with Crippen molar-refractivity contribution in [1.29, 1.82) is 0 Å². The predicted molar refractivity (Wildman–Crippen MR) is 76.6 cm³/mol. The number of nitro benzene ring substituents is 1. The second-order valence-electron chi connectivity index (χ2n) is 4.74. The standard InChI is InChI=1S/C13H18N2O2S/c1-9-8-12(4-5-13(9)15(16)17)14-6-7-18-11(3)10(14)2/h4-5,8,10-11H,6-7H2,1-3H3. The monoisotopic (exact) mass is 266 g/mol. The average molecular weight is 266 g/mol. The maximum atomic E-state index is 10.8. The molecule has 1 saturated heterocycles. The van der Waals surface area contributed by atoms with E-state index in [1.807, 2.05) is 23.9 Å². The van der Waals surface area contributed by atoms with Gasteiger partial charge in [0.15, 0.2) is 0 Å². The van der Waals surface area contributed by atoms with E-state index >= 15 is 0 Å². The minimum absolute atomic E-state index is 0.200. The third-order valence-electron chi connectivity index (χ3n) is 3.59. The SMILES string of the molecule is Cc1cc(N2CCSC(C)C2C)ccc1[N+](=O)[O-]. The Morgan fingerprint density at radius 2 is 2.17 bits per heavy atom. The molecule has 1 aliphatic heterocycles. The Hall–Kier alpha value is -1.23. The molecule has 2 rings (SSSR count). The first kappa shape index (κ1) is 13.2. The van der Waals surface area contributed by atoms with Crippen LogP contribution in [-0.4, -0.2) is 28.5 Å². The van der Waals surface area contributed by atoms with Gasteiger partial charge in [-0.15, -0.1) is 0 Å². The van der Waals surface area contributed by atoms with E-state index in [1.165, 1.54) is 0 Å². The second kappa shape index (κ2) is 5.18. The number of rotatable bonds is 2. The fourth-order valence-electron chi connectivity index (χ4n) is 2.32. The van der Waals surface area contributed by atoms with Gasteiger partial charge in [0.05, 0.1) is 4.92 Å². The molecule has 5 heteroatoms. The molecule has 2 unspecified atom stereocenters. The highest BCUT2D eigenvalue weighted by atomic mass is 32.2. The maximum absolute atomic E-state index is 10.8. The molecule has 1 fully saturated rings. The number of hydrogen-bond acceptors (Lipinski definition) is 4. The molecule has 98 valence electrons. The first-order chi connectivity index (χ1) is 8.50. The fourth-order valence-corrected chi connectivity index (χ4v) is 3.42. The molecule has 4 nitrogen and oxygen atoms in total. The highest BCUT2D eigenvalue weighted by molar-refractivity contribution is 8.00. The van der Waals surface area contributed by atoms with E-state index in [1.54, 1.807) is 13.0 Å². The number of nitrogens with zero attached hydrogens (tertiary/aromatic N) is 2. The van der Waals surface area contributed by atoms with Gasteiger partial charge < -0.3 is 4.90 Å². The third kappa shape index (κ3) is 2.46. The third-order valence-corrected chi connectivity index (χ3v) is 4.93. The van der Waals surface area contributed by atoms with Crippen molar-refractivity contribution >= 4 is 23.1 Å². The van der Waals surface area contributed by atoms with E-state index in [0.29, 0.717) is 11.3 Å². The number of thioether (sulfide) groups is 1. The van der Waals surface area contributed by atoms with Crippen LogP contribution in [0.15, 0.2) is 18.2 Å². The van der Waals surface area contributed by atoms with Crippen LogP contribution >= 0.6 is 11.8 Å². The Bertz CT molecular complexity index is 464. The van der Waals surface area contributed by atoms with Crippen molar-refractivity contribution in [2.24, 2.45) is 0 Å². The lowest BCUT2D eigenvalue weighted by molar-refractivity contribution is -0.385. The lowest BCUT2D eigenvalue weighted by Gasteiger charge is -2.39. The Morgan fingerprint density at radius 1 is 1.44 bits per heavy atom. The van der Waals surface area contributed by atoms with Gasteiger partial charge in [-0.25, -0.2) is 0 Å². The molecule has 0 radical (unpaired) electrons. The Kier molecular flexibility index (Phi) is 3.80. The molecule has 2 atom stereocenters. The van der Waals surface area contributed by atoms with Crippen molar-refractivity contribution < 1.29 is 4.92 Å². The maximum Gasteiger partial charge on any atom is 0.272 e. The molecular formula is C13H18N2O2S. The summed E-state index contributed by atoms with van der Waals surface area (Å²) in [4.78, 5) is 12.8. The number of benzene rings is 1. The number of anilines is 1. The summed E-state index contributed by atoms with van der Waals surface area (Å²) in [5, 5.41) is 11.4. The van der Waals surface area contributed by atoms with Crippen LogP contribution in [0.25, 0.3) is 0 Å². The second-order valence-corrected chi connectivity index (χ2v) is 6.22. The zero-order valence-corrected chi connectivity index (χ0v) is 11.7. The van der Waals surface area contributed by atoms with Crippen LogP contribution in [0.2, 0.25) is 0 Å². The molecule has 1 aromatic carbocycles. The molecule has 0 aromatic heterocycles. The molecule has 0 aliphatic carbocycles. The van der Waals surface area contributed by atoms with E-state index in [9.17, 15) is 10.1 Å². The summed E-state index contributed by atoms with van der Waals surface area (Å²) in [6.45, 7) is 7.26. The van der Waals surface area contributed by atoms with Gasteiger partial charge in [0.25, 0.3) is 5.69 Å². The summed E-state index contributed by atoms with van der Waals surface area (Å²) in [5.74, 6) is 1.11. The first-order valence-corrected chi connectivity index (χ1v) is 7.19. The zero-order chi connectivity index (χ0) is 13.3.